The smallest absolute Gasteiger partial charge is 0.419 e. The Labute approximate surface area is 325 Å². The van der Waals surface area contributed by atoms with Crippen molar-refractivity contribution in [3.05, 3.63) is 119 Å². The maximum absolute atomic E-state index is 13.4. The highest BCUT2D eigenvalue weighted by atomic mass is 32.1. The number of benzene rings is 2. The minimum Gasteiger partial charge on any atom is -0.506 e. The Bertz CT molecular complexity index is 2310. The van der Waals surface area contributed by atoms with Crippen LogP contribution in [0.15, 0.2) is 91.5 Å². The maximum Gasteiger partial charge on any atom is 0.419 e. The summed E-state index contributed by atoms with van der Waals surface area (Å²) in [6.45, 7) is 3.57. The molecular weight excluding hydrogens is 741 g/mol. The fourth-order valence-corrected chi connectivity index (χ4v) is 9.35. The van der Waals surface area contributed by atoms with Crippen molar-refractivity contribution in [2.45, 2.75) is 81.9 Å². The average Bonchev–Trinajstić information content (AvgIpc) is 3.97. The SMILES string of the molecule is CC(Cc1ccc2c(c1)oc(=O)n2CCCN(C)C1CCC(OC(=O)C(O)(c2cccs2)c2cccs2)CC1)NC[C@H](O)c1ccc(O)c2[nH]c(=O)ccc12. The molecule has 1 aliphatic rings. The van der Waals surface area contributed by atoms with Crippen LogP contribution in [0.4, 0.5) is 0 Å². The Hall–Kier alpha value is -4.57. The van der Waals surface area contributed by atoms with Crippen molar-refractivity contribution >= 4 is 50.6 Å². The molecule has 0 radical (unpaired) electrons. The lowest BCUT2D eigenvalue weighted by Crippen LogP contribution is -2.42. The summed E-state index contributed by atoms with van der Waals surface area (Å²) in [5.41, 5.74) is 1.02. The topological polar surface area (TPSA) is 170 Å². The van der Waals surface area contributed by atoms with Crippen molar-refractivity contribution in [1.82, 2.24) is 19.8 Å². The highest BCUT2D eigenvalue weighted by Crippen LogP contribution is 2.38. The third-order valence-electron chi connectivity index (χ3n) is 10.7. The van der Waals surface area contributed by atoms with Gasteiger partial charge in [0.15, 0.2) is 5.58 Å². The zero-order chi connectivity index (χ0) is 38.7. The molecular formula is C41H46N4O8S2. The van der Waals surface area contributed by atoms with E-state index in [0.717, 1.165) is 36.9 Å². The number of pyridine rings is 1. The van der Waals surface area contributed by atoms with Gasteiger partial charge in [0, 0.05) is 36.6 Å². The lowest BCUT2D eigenvalue weighted by molar-refractivity contribution is -0.169. The van der Waals surface area contributed by atoms with E-state index in [-0.39, 0.29) is 35.8 Å². The predicted molar refractivity (Wildman–Crippen MR) is 214 cm³/mol. The number of nitrogens with zero attached hydrogens (tertiary/aromatic N) is 2. The van der Waals surface area contributed by atoms with E-state index in [2.05, 4.69) is 22.2 Å². The number of phenolic OH excluding ortho intramolecular Hbond substituents is 1. The molecule has 4 heterocycles. The van der Waals surface area contributed by atoms with Crippen molar-refractivity contribution in [1.29, 1.82) is 0 Å². The number of rotatable bonds is 15. The number of carbonyl (C=O) groups excluding carboxylic acids is 1. The summed E-state index contributed by atoms with van der Waals surface area (Å²) < 4.78 is 13.3. The molecule has 0 aliphatic heterocycles. The molecule has 55 heavy (non-hydrogen) atoms. The molecule has 0 saturated heterocycles. The number of aliphatic hydroxyl groups is 2. The van der Waals surface area contributed by atoms with E-state index < -0.39 is 17.7 Å². The van der Waals surface area contributed by atoms with Crippen molar-refractivity contribution < 1.29 is 29.3 Å². The molecule has 4 aromatic heterocycles. The number of phenols is 1. The van der Waals surface area contributed by atoms with Gasteiger partial charge in [-0.05, 0) is 117 Å². The number of thiophene rings is 2. The summed E-state index contributed by atoms with van der Waals surface area (Å²) in [4.78, 5) is 44.1. The highest BCUT2D eigenvalue weighted by Gasteiger charge is 2.45. The minimum absolute atomic E-state index is 0.0116. The van der Waals surface area contributed by atoms with Crippen LogP contribution < -0.4 is 16.6 Å². The number of aromatic amines is 1. The van der Waals surface area contributed by atoms with Gasteiger partial charge in [0.2, 0.25) is 11.2 Å². The van der Waals surface area contributed by atoms with Crippen LogP contribution in [-0.4, -0.2) is 74.1 Å². The van der Waals surface area contributed by atoms with Crippen LogP contribution in [0, 0.1) is 0 Å². The van der Waals surface area contributed by atoms with Crippen LogP contribution in [0.5, 0.6) is 5.75 Å². The van der Waals surface area contributed by atoms with Gasteiger partial charge in [0.05, 0.1) is 26.9 Å². The number of H-pyrrole nitrogens is 1. The molecule has 0 spiro atoms. The van der Waals surface area contributed by atoms with Gasteiger partial charge in [-0.3, -0.25) is 9.36 Å². The van der Waals surface area contributed by atoms with E-state index in [9.17, 15) is 29.7 Å². The Kier molecular flexibility index (Phi) is 11.7. The Morgan fingerprint density at radius 2 is 1.78 bits per heavy atom. The summed E-state index contributed by atoms with van der Waals surface area (Å²) in [5.74, 6) is -1.07. The Morgan fingerprint density at radius 1 is 1.05 bits per heavy atom. The van der Waals surface area contributed by atoms with Crippen LogP contribution in [0.1, 0.15) is 66.0 Å². The maximum atomic E-state index is 13.4. The summed E-state index contributed by atoms with van der Waals surface area (Å²) in [5, 5.41) is 40.3. The molecule has 1 aliphatic carbocycles. The van der Waals surface area contributed by atoms with Gasteiger partial charge < -0.3 is 39.7 Å². The van der Waals surface area contributed by atoms with E-state index >= 15 is 0 Å². The standard InChI is InChI=1S/C41H46N4O8S2/c1-25(42-24-33(47)29-13-16-32(46)38-30(29)14-17-37(48)43-38)22-26-8-15-31-34(23-26)53-40(50)45(31)19-5-18-44(2)27-9-11-28(12-10-27)52-39(49)41(51,35-6-3-20-54-35)36-7-4-21-55-36/h3-4,6-8,13-17,20-21,23,25,27-28,33,42,46-47,51H,5,9-12,18-19,22,24H2,1-2H3,(H,43,48)/t25?,27?,28?,33-/m0/s1. The first kappa shape index (κ1) is 38.7. The number of aliphatic hydroxyl groups excluding tert-OH is 1. The van der Waals surface area contributed by atoms with E-state index in [1.165, 1.54) is 34.8 Å². The van der Waals surface area contributed by atoms with Crippen LogP contribution >= 0.6 is 22.7 Å². The monoisotopic (exact) mass is 786 g/mol. The molecule has 7 rings (SSSR count). The van der Waals surface area contributed by atoms with Crippen molar-refractivity contribution in [3.8, 4) is 5.75 Å². The first-order chi connectivity index (χ1) is 26.5. The molecule has 290 valence electrons. The van der Waals surface area contributed by atoms with Gasteiger partial charge in [-0.15, -0.1) is 22.7 Å². The van der Waals surface area contributed by atoms with Crippen molar-refractivity contribution in [2.24, 2.45) is 0 Å². The quantitative estimate of drug-likeness (QED) is 0.0823. The summed E-state index contributed by atoms with van der Waals surface area (Å²) in [6, 6.07) is 19.4. The molecule has 5 N–H and O–H groups in total. The summed E-state index contributed by atoms with van der Waals surface area (Å²) >= 11 is 2.67. The fourth-order valence-electron chi connectivity index (χ4n) is 7.64. The van der Waals surface area contributed by atoms with E-state index in [1.807, 2.05) is 48.0 Å². The van der Waals surface area contributed by atoms with E-state index in [4.69, 9.17) is 9.15 Å². The van der Waals surface area contributed by atoms with Gasteiger partial charge in [-0.2, -0.15) is 0 Å². The summed E-state index contributed by atoms with van der Waals surface area (Å²) in [7, 11) is 2.09. The van der Waals surface area contributed by atoms with Crippen molar-refractivity contribution in [3.63, 3.8) is 0 Å². The van der Waals surface area contributed by atoms with Gasteiger partial charge in [0.25, 0.3) is 0 Å². The molecule has 2 aromatic carbocycles. The average molecular weight is 787 g/mol. The third-order valence-corrected chi connectivity index (χ3v) is 12.6. The van der Waals surface area contributed by atoms with E-state index in [0.29, 0.717) is 63.7 Å². The molecule has 0 amide bonds. The lowest BCUT2D eigenvalue weighted by atomic mass is 9.91. The third kappa shape index (κ3) is 8.35. The number of aromatic hydroxyl groups is 1. The molecule has 1 fully saturated rings. The van der Waals surface area contributed by atoms with Crippen LogP contribution in [0.2, 0.25) is 0 Å². The zero-order valence-electron chi connectivity index (χ0n) is 30.8. The number of esters is 1. The zero-order valence-corrected chi connectivity index (χ0v) is 32.4. The van der Waals surface area contributed by atoms with E-state index in [1.54, 1.807) is 28.8 Å². The molecule has 12 nitrogen and oxygen atoms in total. The second-order valence-electron chi connectivity index (χ2n) is 14.5. The number of carbonyl (C=O) groups is 1. The van der Waals surface area contributed by atoms with Gasteiger partial charge in [-0.1, -0.05) is 24.3 Å². The Balaban J connectivity index is 0.877. The molecule has 0 bridgehead atoms. The van der Waals surface area contributed by atoms with Crippen LogP contribution in [0.3, 0.4) is 0 Å². The second kappa shape index (κ2) is 16.7. The normalized spacial score (nSPS) is 17.5. The van der Waals surface area contributed by atoms with Crippen LogP contribution in [0.25, 0.3) is 22.0 Å². The molecule has 1 unspecified atom stereocenters. The lowest BCUT2D eigenvalue weighted by Gasteiger charge is -2.35. The largest absolute Gasteiger partial charge is 0.506 e. The first-order valence-electron chi connectivity index (χ1n) is 18.6. The molecule has 6 aromatic rings. The molecule has 14 heteroatoms. The van der Waals surface area contributed by atoms with Gasteiger partial charge in [-0.25, -0.2) is 9.59 Å². The first-order valence-corrected chi connectivity index (χ1v) is 20.4. The molecule has 2 atom stereocenters. The number of ether oxygens (including phenoxy) is 1. The van der Waals surface area contributed by atoms with Gasteiger partial charge >= 0.3 is 11.7 Å². The Morgan fingerprint density at radius 3 is 2.47 bits per heavy atom. The van der Waals surface area contributed by atoms with Gasteiger partial charge in [0.1, 0.15) is 11.9 Å². The van der Waals surface area contributed by atoms with Crippen LogP contribution in [-0.2, 0) is 28.1 Å². The van der Waals surface area contributed by atoms with Crippen molar-refractivity contribution in [2.75, 3.05) is 20.1 Å². The fraction of sp³-hybridized carbons (Fsp3) is 0.390. The minimum atomic E-state index is -1.80. The predicted octanol–water partition coefficient (Wildman–Crippen LogP) is 5.63. The number of aryl methyl sites for hydroxylation is 1. The second-order valence-corrected chi connectivity index (χ2v) is 16.4. The number of hydrogen-bond donors (Lipinski definition) is 5. The molecule has 1 saturated carbocycles. The number of nitrogens with one attached hydrogen (secondary N) is 2. The number of hydrogen-bond acceptors (Lipinski definition) is 12. The number of aromatic nitrogens is 2. The highest BCUT2D eigenvalue weighted by molar-refractivity contribution is 7.12. The number of fused-ring (bicyclic) bond motifs is 2. The number of oxazole rings is 1. The summed E-state index contributed by atoms with van der Waals surface area (Å²) in [6.07, 6.45) is 3.43.